The molecule has 2 N–H and O–H groups in total. The molecule has 0 aliphatic heterocycles. The maximum absolute atomic E-state index is 5.61. The van der Waals surface area contributed by atoms with Crippen LogP contribution in [0.3, 0.4) is 0 Å². The molecule has 2 aromatic rings. The number of nitrogens with one attached hydrogen (secondary N) is 2. The summed E-state index contributed by atoms with van der Waals surface area (Å²) in [5.74, 6) is 3.27. The highest BCUT2D eigenvalue weighted by atomic mass is 127. The highest BCUT2D eigenvalue weighted by molar-refractivity contribution is 14.0. The number of hydrogen-bond donors (Lipinski definition) is 2. The molecule has 0 amide bonds. The van der Waals surface area contributed by atoms with Crippen LogP contribution in [-0.4, -0.2) is 31.9 Å². The van der Waals surface area contributed by atoms with Gasteiger partial charge >= 0.3 is 0 Å². The monoisotopic (exact) mass is 488 g/mol. The summed E-state index contributed by atoms with van der Waals surface area (Å²) in [6.07, 6.45) is 0. The van der Waals surface area contributed by atoms with Gasteiger partial charge in [0.2, 0.25) is 0 Å². The van der Waals surface area contributed by atoms with Gasteiger partial charge in [-0.15, -0.1) is 24.0 Å². The molecule has 0 saturated heterocycles. The third-order valence-electron chi connectivity index (χ3n) is 3.81. The van der Waals surface area contributed by atoms with Crippen LogP contribution in [0, 0.1) is 0 Å². The van der Waals surface area contributed by atoms with Gasteiger partial charge in [-0.2, -0.15) is 0 Å². The number of methoxy groups -OCH3 is 1. The van der Waals surface area contributed by atoms with E-state index in [1.807, 2.05) is 31.2 Å². The van der Waals surface area contributed by atoms with E-state index in [0.29, 0.717) is 31.6 Å². The van der Waals surface area contributed by atoms with E-state index in [9.17, 15) is 0 Å². The van der Waals surface area contributed by atoms with Gasteiger partial charge in [0.05, 0.1) is 26.0 Å². The van der Waals surface area contributed by atoms with E-state index < -0.39 is 0 Å². The average molecular weight is 488 g/mol. The van der Waals surface area contributed by atoms with Gasteiger partial charge in [0, 0.05) is 19.7 Å². The smallest absolute Gasteiger partial charge is 0.191 e. The molecular formula is C19H29IN4O3. The molecule has 0 atom stereocenters. The number of rotatable bonds is 8. The van der Waals surface area contributed by atoms with Crippen molar-refractivity contribution in [3.05, 3.63) is 41.3 Å². The summed E-state index contributed by atoms with van der Waals surface area (Å²) in [6.45, 7) is 7.84. The van der Waals surface area contributed by atoms with Gasteiger partial charge in [-0.05, 0) is 30.5 Å². The molecule has 150 valence electrons. The minimum Gasteiger partial charge on any atom is -0.493 e. The third kappa shape index (κ3) is 6.93. The largest absolute Gasteiger partial charge is 0.493 e. The number of aromatic nitrogens is 1. The summed E-state index contributed by atoms with van der Waals surface area (Å²) >= 11 is 0. The van der Waals surface area contributed by atoms with Crippen LogP contribution in [0.1, 0.15) is 43.7 Å². The summed E-state index contributed by atoms with van der Waals surface area (Å²) in [5, 5.41) is 10.5. The second kappa shape index (κ2) is 11.7. The quantitative estimate of drug-likeness (QED) is 0.335. The molecule has 0 spiro atoms. The lowest BCUT2D eigenvalue weighted by Gasteiger charge is -2.13. The molecule has 0 saturated carbocycles. The lowest BCUT2D eigenvalue weighted by molar-refractivity contribution is 0.310. The van der Waals surface area contributed by atoms with Gasteiger partial charge in [-0.1, -0.05) is 25.1 Å². The van der Waals surface area contributed by atoms with Crippen molar-refractivity contribution in [2.45, 2.75) is 39.8 Å². The first kappa shape index (κ1) is 23.1. The van der Waals surface area contributed by atoms with Crippen LogP contribution < -0.4 is 20.1 Å². The van der Waals surface area contributed by atoms with E-state index >= 15 is 0 Å². The first-order chi connectivity index (χ1) is 12.6. The van der Waals surface area contributed by atoms with Gasteiger partial charge in [0.25, 0.3) is 0 Å². The predicted octanol–water partition coefficient (Wildman–Crippen LogP) is 3.69. The SMILES string of the molecule is CCOc1cc(CNC(=NC)NCc2cc(C(C)C)no2)ccc1OC.I. The topological polar surface area (TPSA) is 80.9 Å². The molecule has 1 aromatic heterocycles. The number of nitrogens with zero attached hydrogens (tertiary/aromatic N) is 2. The highest BCUT2D eigenvalue weighted by Crippen LogP contribution is 2.27. The number of halogens is 1. The molecule has 7 nitrogen and oxygen atoms in total. The fourth-order valence-corrected chi connectivity index (χ4v) is 2.36. The Labute approximate surface area is 177 Å². The Balaban J connectivity index is 0.00000364. The van der Waals surface area contributed by atoms with E-state index in [1.54, 1.807) is 14.2 Å². The molecule has 8 heteroatoms. The summed E-state index contributed by atoms with van der Waals surface area (Å²) in [4.78, 5) is 4.23. The molecule has 0 aliphatic carbocycles. The van der Waals surface area contributed by atoms with Crippen LogP contribution in [0.4, 0.5) is 0 Å². The highest BCUT2D eigenvalue weighted by Gasteiger charge is 2.09. The fraction of sp³-hybridized carbons (Fsp3) is 0.474. The van der Waals surface area contributed by atoms with E-state index in [0.717, 1.165) is 28.5 Å². The fourth-order valence-electron chi connectivity index (χ4n) is 2.36. The maximum atomic E-state index is 5.61. The van der Waals surface area contributed by atoms with E-state index in [2.05, 4.69) is 34.6 Å². The molecule has 0 unspecified atom stereocenters. The second-order valence-electron chi connectivity index (χ2n) is 6.07. The minimum absolute atomic E-state index is 0. The summed E-state index contributed by atoms with van der Waals surface area (Å²) < 4.78 is 16.2. The Morgan fingerprint density at radius 3 is 2.52 bits per heavy atom. The van der Waals surface area contributed by atoms with Crippen molar-refractivity contribution >= 4 is 29.9 Å². The summed E-state index contributed by atoms with van der Waals surface area (Å²) in [7, 11) is 3.37. The van der Waals surface area contributed by atoms with Gasteiger partial charge in [0.15, 0.2) is 23.2 Å². The Bertz CT molecular complexity index is 731. The Morgan fingerprint density at radius 1 is 1.19 bits per heavy atom. The van der Waals surface area contributed by atoms with Crippen LogP contribution in [0.2, 0.25) is 0 Å². The van der Waals surface area contributed by atoms with Crippen LogP contribution in [0.25, 0.3) is 0 Å². The second-order valence-corrected chi connectivity index (χ2v) is 6.07. The number of aliphatic imine (C=N–C) groups is 1. The maximum Gasteiger partial charge on any atom is 0.191 e. The number of ether oxygens (including phenoxy) is 2. The Kier molecular flexibility index (Phi) is 9.98. The van der Waals surface area contributed by atoms with Crippen LogP contribution in [0.15, 0.2) is 33.8 Å². The lowest BCUT2D eigenvalue weighted by Crippen LogP contribution is -2.36. The van der Waals surface area contributed by atoms with Gasteiger partial charge in [-0.25, -0.2) is 0 Å². The van der Waals surface area contributed by atoms with Crippen molar-refractivity contribution in [3.63, 3.8) is 0 Å². The first-order valence-electron chi connectivity index (χ1n) is 8.77. The standard InChI is InChI=1S/C19H28N4O3.HI/c1-6-25-18-9-14(7-8-17(18)24-5)11-21-19(20-4)22-12-15-10-16(13(2)3)23-26-15;/h7-10,13H,6,11-12H2,1-5H3,(H2,20,21,22);1H. The van der Waals surface area contributed by atoms with Crippen LogP contribution in [-0.2, 0) is 13.1 Å². The van der Waals surface area contributed by atoms with Crippen molar-refractivity contribution in [1.29, 1.82) is 0 Å². The molecule has 0 radical (unpaired) electrons. The van der Waals surface area contributed by atoms with Gasteiger partial charge in [0.1, 0.15) is 0 Å². The zero-order valence-electron chi connectivity index (χ0n) is 16.5. The molecule has 1 aromatic carbocycles. The lowest BCUT2D eigenvalue weighted by atomic mass is 10.1. The zero-order chi connectivity index (χ0) is 18.9. The normalized spacial score (nSPS) is 11.1. The van der Waals surface area contributed by atoms with E-state index in [1.165, 1.54) is 0 Å². The average Bonchev–Trinajstić information content (AvgIpc) is 3.12. The van der Waals surface area contributed by atoms with Crippen LogP contribution in [0.5, 0.6) is 11.5 Å². The van der Waals surface area contributed by atoms with Crippen molar-refractivity contribution in [1.82, 2.24) is 15.8 Å². The van der Waals surface area contributed by atoms with Crippen molar-refractivity contribution in [2.24, 2.45) is 4.99 Å². The summed E-state index contributed by atoms with van der Waals surface area (Å²) in [6, 6.07) is 7.82. The van der Waals surface area contributed by atoms with E-state index in [-0.39, 0.29) is 24.0 Å². The molecular weight excluding hydrogens is 459 g/mol. The van der Waals surface area contributed by atoms with E-state index in [4.69, 9.17) is 14.0 Å². The zero-order valence-corrected chi connectivity index (χ0v) is 18.9. The Morgan fingerprint density at radius 2 is 1.93 bits per heavy atom. The molecule has 0 fully saturated rings. The minimum atomic E-state index is 0. The van der Waals surface area contributed by atoms with Crippen LogP contribution >= 0.6 is 24.0 Å². The molecule has 1 heterocycles. The number of hydrogen-bond acceptors (Lipinski definition) is 5. The van der Waals surface area contributed by atoms with Crippen molar-refractivity contribution in [3.8, 4) is 11.5 Å². The Hall–Kier alpha value is -1.97. The molecule has 27 heavy (non-hydrogen) atoms. The molecule has 0 bridgehead atoms. The number of guanidine groups is 1. The van der Waals surface area contributed by atoms with Gasteiger partial charge < -0.3 is 24.6 Å². The third-order valence-corrected chi connectivity index (χ3v) is 3.81. The van der Waals surface area contributed by atoms with Crippen molar-refractivity contribution < 1.29 is 14.0 Å². The molecule has 0 aliphatic rings. The summed E-state index contributed by atoms with van der Waals surface area (Å²) in [5.41, 5.74) is 2.02. The predicted molar refractivity (Wildman–Crippen MR) is 117 cm³/mol. The first-order valence-corrected chi connectivity index (χ1v) is 8.77. The molecule has 2 rings (SSSR count). The number of benzene rings is 1. The van der Waals surface area contributed by atoms with Gasteiger partial charge in [-0.3, -0.25) is 4.99 Å². The van der Waals surface area contributed by atoms with Crippen molar-refractivity contribution in [2.75, 3.05) is 20.8 Å².